The van der Waals surface area contributed by atoms with E-state index in [1.165, 1.54) is 38.5 Å². The van der Waals surface area contributed by atoms with E-state index >= 15 is 4.39 Å². The van der Waals surface area contributed by atoms with E-state index in [1.807, 2.05) is 20.8 Å². The van der Waals surface area contributed by atoms with E-state index in [0.29, 0.717) is 17.9 Å². The maximum absolute atomic E-state index is 15.3. The number of methoxy groups -OCH3 is 2. The van der Waals surface area contributed by atoms with Crippen molar-refractivity contribution in [2.45, 2.75) is 58.5 Å². The molecular weight excluding hydrogens is 519 g/mol. The van der Waals surface area contributed by atoms with E-state index in [2.05, 4.69) is 15.8 Å². The van der Waals surface area contributed by atoms with Crippen LogP contribution in [-0.2, 0) is 14.4 Å². The first-order valence-electron chi connectivity index (χ1n) is 12.8. The molecule has 0 aliphatic carbocycles. The Kier molecular flexibility index (Phi) is 9.87. The van der Waals surface area contributed by atoms with Crippen molar-refractivity contribution in [3.8, 4) is 11.5 Å². The van der Waals surface area contributed by atoms with E-state index in [9.17, 15) is 14.4 Å². The third-order valence-electron chi connectivity index (χ3n) is 6.42. The summed E-state index contributed by atoms with van der Waals surface area (Å²) in [6.07, 6.45) is 0.0139. The van der Waals surface area contributed by atoms with Gasteiger partial charge in [0.1, 0.15) is 17.6 Å². The van der Waals surface area contributed by atoms with Crippen LogP contribution in [0.2, 0.25) is 0 Å². The number of aromatic nitrogens is 1. The number of amides is 3. The highest BCUT2D eigenvalue weighted by Crippen LogP contribution is 2.40. The highest BCUT2D eigenvalue weighted by atomic mass is 19.1. The molecule has 11 heteroatoms. The predicted octanol–water partition coefficient (Wildman–Crippen LogP) is 4.94. The fourth-order valence-corrected chi connectivity index (χ4v) is 4.05. The minimum atomic E-state index is -1.36. The Hall–Kier alpha value is -4.41. The van der Waals surface area contributed by atoms with Crippen molar-refractivity contribution in [1.29, 1.82) is 0 Å². The van der Waals surface area contributed by atoms with Gasteiger partial charge in [0, 0.05) is 30.0 Å². The fourth-order valence-electron chi connectivity index (χ4n) is 4.05. The Morgan fingerprint density at radius 3 is 2.40 bits per heavy atom. The van der Waals surface area contributed by atoms with Gasteiger partial charge in [-0.1, -0.05) is 36.3 Å². The summed E-state index contributed by atoms with van der Waals surface area (Å²) >= 11 is 0. The van der Waals surface area contributed by atoms with Crippen molar-refractivity contribution in [2.24, 2.45) is 0 Å². The molecule has 0 spiro atoms. The minimum Gasteiger partial charge on any atom is -0.493 e. The number of carbonyl (C=O) groups is 3. The van der Waals surface area contributed by atoms with Gasteiger partial charge in [-0.2, -0.15) is 0 Å². The minimum absolute atomic E-state index is 0.126. The van der Waals surface area contributed by atoms with E-state index in [0.717, 1.165) is 4.90 Å². The molecule has 0 fully saturated rings. The first kappa shape index (κ1) is 30.1. The summed E-state index contributed by atoms with van der Waals surface area (Å²) in [4.78, 5) is 41.5. The Bertz CT molecular complexity index is 1360. The van der Waals surface area contributed by atoms with Crippen LogP contribution in [0.25, 0.3) is 0 Å². The smallest absolute Gasteiger partial charge is 0.248 e. The Labute approximate surface area is 232 Å². The number of nitrogens with one attached hydrogen (secondary N) is 2. The van der Waals surface area contributed by atoms with Crippen LogP contribution in [0.15, 0.2) is 53.1 Å². The number of hydrogen-bond donors (Lipinski definition) is 2. The van der Waals surface area contributed by atoms with Crippen molar-refractivity contribution in [1.82, 2.24) is 10.5 Å². The average Bonchev–Trinajstić information content (AvgIpc) is 3.34. The average molecular weight is 555 g/mol. The number of hydrogen-bond acceptors (Lipinski definition) is 7. The molecule has 0 radical (unpaired) electrons. The monoisotopic (exact) mass is 554 g/mol. The van der Waals surface area contributed by atoms with Crippen LogP contribution < -0.4 is 25.0 Å². The summed E-state index contributed by atoms with van der Waals surface area (Å²) in [5.74, 6) is -1.17. The second-order valence-corrected chi connectivity index (χ2v) is 9.80. The van der Waals surface area contributed by atoms with Gasteiger partial charge in [0.05, 0.1) is 19.9 Å². The number of para-hydroxylation sites is 2. The van der Waals surface area contributed by atoms with Crippen molar-refractivity contribution in [2.75, 3.05) is 24.4 Å². The van der Waals surface area contributed by atoms with E-state index < -0.39 is 35.1 Å². The van der Waals surface area contributed by atoms with Crippen molar-refractivity contribution in [3.63, 3.8) is 0 Å². The molecule has 3 aromatic rings. The number of rotatable bonds is 12. The maximum atomic E-state index is 15.3. The van der Waals surface area contributed by atoms with Gasteiger partial charge in [-0.3, -0.25) is 19.3 Å². The van der Waals surface area contributed by atoms with Crippen LogP contribution in [0, 0.1) is 12.7 Å². The first-order chi connectivity index (χ1) is 19.0. The van der Waals surface area contributed by atoms with Gasteiger partial charge in [-0.05, 0) is 45.4 Å². The summed E-state index contributed by atoms with van der Waals surface area (Å²) in [6, 6.07) is 10.7. The largest absolute Gasteiger partial charge is 0.493 e. The Morgan fingerprint density at radius 2 is 1.80 bits per heavy atom. The molecule has 40 heavy (non-hydrogen) atoms. The molecule has 0 aliphatic heterocycles. The lowest BCUT2D eigenvalue weighted by Gasteiger charge is -2.35. The summed E-state index contributed by atoms with van der Waals surface area (Å²) in [7, 11) is 2.86. The summed E-state index contributed by atoms with van der Waals surface area (Å²) in [5.41, 5.74) is -0.481. The molecule has 3 rings (SSSR count). The predicted molar refractivity (Wildman–Crippen MR) is 148 cm³/mol. The van der Waals surface area contributed by atoms with Gasteiger partial charge in [0.25, 0.3) is 0 Å². The number of nitrogens with zero attached hydrogens (tertiary/aromatic N) is 2. The fraction of sp³-hybridized carbons (Fsp3) is 0.379. The van der Waals surface area contributed by atoms with E-state index in [4.69, 9.17) is 14.0 Å². The molecule has 0 aliphatic rings. The first-order valence-corrected chi connectivity index (χ1v) is 12.8. The van der Waals surface area contributed by atoms with Crippen LogP contribution in [0.1, 0.15) is 57.4 Å². The zero-order valence-electron chi connectivity index (χ0n) is 23.5. The molecule has 214 valence electrons. The second-order valence-electron chi connectivity index (χ2n) is 9.80. The molecule has 2 N–H and O–H groups in total. The lowest BCUT2D eigenvalue weighted by atomic mass is 9.97. The number of carbonyl (C=O) groups excluding carboxylic acids is 3. The van der Waals surface area contributed by atoms with Crippen molar-refractivity contribution >= 4 is 29.2 Å². The topological polar surface area (TPSA) is 123 Å². The van der Waals surface area contributed by atoms with Gasteiger partial charge < -0.3 is 24.6 Å². The van der Waals surface area contributed by atoms with Crippen LogP contribution in [0.5, 0.6) is 11.5 Å². The highest BCUT2D eigenvalue weighted by molar-refractivity contribution is 6.03. The van der Waals surface area contributed by atoms with E-state index in [-0.39, 0.29) is 35.7 Å². The SMILES string of the molecule is CCC(C)(C)NC(=O)C(c1cccc(OC)c1OC)N(C(=O)CCC(=O)Nc1cc(C)on1)c1ccccc1F. The quantitative estimate of drug-likeness (QED) is 0.325. The number of anilines is 2. The van der Waals surface area contributed by atoms with Gasteiger partial charge in [-0.25, -0.2) is 4.39 Å². The zero-order chi connectivity index (χ0) is 29.4. The maximum Gasteiger partial charge on any atom is 0.248 e. The van der Waals surface area contributed by atoms with Crippen LogP contribution in [0.3, 0.4) is 0 Å². The zero-order valence-corrected chi connectivity index (χ0v) is 23.5. The van der Waals surface area contributed by atoms with Crippen LogP contribution in [-0.4, -0.2) is 42.6 Å². The molecule has 1 atom stereocenters. The summed E-state index contributed by atoms with van der Waals surface area (Å²) in [6.45, 7) is 7.28. The molecule has 10 nitrogen and oxygen atoms in total. The molecule has 3 amide bonds. The van der Waals surface area contributed by atoms with Crippen molar-refractivity contribution in [3.05, 3.63) is 65.7 Å². The molecule has 1 aromatic heterocycles. The Morgan fingerprint density at radius 1 is 1.07 bits per heavy atom. The normalized spacial score (nSPS) is 11.9. The Balaban J connectivity index is 2.08. The molecule has 2 aromatic carbocycles. The third kappa shape index (κ3) is 7.16. The molecule has 0 bridgehead atoms. The molecule has 0 saturated carbocycles. The number of halogens is 1. The number of benzene rings is 2. The molecular formula is C29H35FN4O6. The van der Waals surface area contributed by atoms with Crippen LogP contribution in [0.4, 0.5) is 15.9 Å². The van der Waals surface area contributed by atoms with Crippen molar-refractivity contribution < 1.29 is 32.8 Å². The van der Waals surface area contributed by atoms with Gasteiger partial charge in [0.15, 0.2) is 17.3 Å². The van der Waals surface area contributed by atoms with Gasteiger partial charge in [0.2, 0.25) is 17.7 Å². The summed E-state index contributed by atoms with van der Waals surface area (Å²) in [5, 5.41) is 9.24. The van der Waals surface area contributed by atoms with Gasteiger partial charge >= 0.3 is 0 Å². The summed E-state index contributed by atoms with van der Waals surface area (Å²) < 4.78 is 31.3. The number of ether oxygens (including phenoxy) is 2. The highest BCUT2D eigenvalue weighted by Gasteiger charge is 2.38. The van der Waals surface area contributed by atoms with Gasteiger partial charge in [-0.15, -0.1) is 0 Å². The molecule has 1 heterocycles. The molecule has 1 unspecified atom stereocenters. The van der Waals surface area contributed by atoms with E-state index in [1.54, 1.807) is 31.2 Å². The lowest BCUT2D eigenvalue weighted by Crippen LogP contribution is -2.50. The molecule has 0 saturated heterocycles. The second kappa shape index (κ2) is 13.1. The lowest BCUT2D eigenvalue weighted by molar-refractivity contribution is -0.128. The number of aryl methyl sites for hydroxylation is 1. The standard InChI is InChI=1S/C29H35FN4O6/c1-7-29(3,4)32-28(37)26(19-11-10-14-22(38-5)27(19)39-6)34(21-13-9-8-12-20(21)30)25(36)16-15-24(35)31-23-17-18(2)40-33-23/h8-14,17,26H,7,15-16H2,1-6H3,(H,32,37)(H,31,33,35). The third-order valence-corrected chi connectivity index (χ3v) is 6.42. The van der Waals surface area contributed by atoms with Crippen LogP contribution >= 0.6 is 0 Å².